The van der Waals surface area contributed by atoms with E-state index >= 15 is 0 Å². The number of benzene rings is 1. The second kappa shape index (κ2) is 10.8. The lowest BCUT2D eigenvalue weighted by molar-refractivity contribution is -0.138. The molecule has 1 atom stereocenters. The molecule has 7 nitrogen and oxygen atoms in total. The monoisotopic (exact) mass is 480 g/mol. The first-order valence-corrected chi connectivity index (χ1v) is 13.7. The maximum Gasteiger partial charge on any atom is 0.282 e. The van der Waals surface area contributed by atoms with Gasteiger partial charge < -0.3 is 4.90 Å². The quantitative estimate of drug-likeness (QED) is 0.628. The summed E-state index contributed by atoms with van der Waals surface area (Å²) in [5.41, 5.74) is 0.920. The molecule has 33 heavy (non-hydrogen) atoms. The summed E-state index contributed by atoms with van der Waals surface area (Å²) in [6.07, 6.45) is 7.01. The Bertz CT molecular complexity index is 914. The van der Waals surface area contributed by atoms with Crippen molar-refractivity contribution in [1.82, 2.24) is 18.4 Å². The Morgan fingerprint density at radius 2 is 1.76 bits per heavy atom. The number of halogens is 1. The molecule has 0 bridgehead atoms. The van der Waals surface area contributed by atoms with Crippen LogP contribution in [0.15, 0.2) is 24.3 Å². The highest BCUT2D eigenvalue weighted by Crippen LogP contribution is 2.26. The normalized spacial score (nSPS) is 24.3. The van der Waals surface area contributed by atoms with Crippen LogP contribution in [0.1, 0.15) is 50.5 Å². The van der Waals surface area contributed by atoms with Crippen molar-refractivity contribution in [3.8, 4) is 0 Å². The number of hydrogen-bond acceptors (Lipinski definition) is 4. The molecular weight excluding hydrogens is 443 g/mol. The Hall–Kier alpha value is -1.55. The first-order chi connectivity index (χ1) is 15.8. The lowest BCUT2D eigenvalue weighted by Gasteiger charge is -2.40. The first-order valence-electron chi connectivity index (χ1n) is 12.3. The molecule has 1 unspecified atom stereocenters. The fourth-order valence-corrected chi connectivity index (χ4v) is 7.08. The molecule has 3 fully saturated rings. The molecular formula is C24H37FN4O3S. The molecule has 0 spiro atoms. The fraction of sp³-hybridized carbons (Fsp3) is 0.708. The van der Waals surface area contributed by atoms with Crippen LogP contribution in [-0.4, -0.2) is 85.1 Å². The van der Waals surface area contributed by atoms with Gasteiger partial charge in [0.2, 0.25) is 5.91 Å². The van der Waals surface area contributed by atoms with Crippen molar-refractivity contribution in [1.29, 1.82) is 0 Å². The summed E-state index contributed by atoms with van der Waals surface area (Å²) in [6, 6.07) is 6.72. The first kappa shape index (κ1) is 24.6. The molecule has 2 saturated heterocycles. The van der Waals surface area contributed by atoms with Crippen LogP contribution in [0.4, 0.5) is 4.39 Å². The molecule has 2 aliphatic heterocycles. The molecule has 3 aliphatic rings. The molecule has 9 heteroatoms. The molecule has 4 rings (SSSR count). The molecule has 0 aromatic heterocycles. The smallest absolute Gasteiger partial charge is 0.282 e. The Kier molecular flexibility index (Phi) is 8.04. The Balaban J connectivity index is 1.29. The lowest BCUT2D eigenvalue weighted by atomic mass is 9.95. The largest absolute Gasteiger partial charge is 0.340 e. The van der Waals surface area contributed by atoms with Crippen LogP contribution >= 0.6 is 0 Å². The van der Waals surface area contributed by atoms with E-state index in [0.29, 0.717) is 39.3 Å². The van der Waals surface area contributed by atoms with Crippen LogP contribution in [0.2, 0.25) is 0 Å². The average molecular weight is 481 g/mol. The lowest BCUT2D eigenvalue weighted by Crippen LogP contribution is -2.56. The predicted molar refractivity (Wildman–Crippen MR) is 126 cm³/mol. The summed E-state index contributed by atoms with van der Waals surface area (Å²) in [5.74, 6) is -0.198. The van der Waals surface area contributed by atoms with Crippen LogP contribution in [0.3, 0.4) is 0 Å². The van der Waals surface area contributed by atoms with Crippen molar-refractivity contribution < 1.29 is 17.6 Å². The van der Waals surface area contributed by atoms with Gasteiger partial charge in [-0.15, -0.1) is 0 Å². The Morgan fingerprint density at radius 1 is 1.03 bits per heavy atom. The minimum Gasteiger partial charge on any atom is -0.340 e. The number of carbonyl (C=O) groups is 1. The fourth-order valence-electron chi connectivity index (χ4n) is 5.51. The van der Waals surface area contributed by atoms with Gasteiger partial charge in [0.25, 0.3) is 10.2 Å². The number of amides is 1. The zero-order valence-corrected chi connectivity index (χ0v) is 20.5. The van der Waals surface area contributed by atoms with Crippen LogP contribution in [0.5, 0.6) is 0 Å². The van der Waals surface area contributed by atoms with E-state index < -0.39 is 10.2 Å². The Morgan fingerprint density at radius 3 is 2.45 bits per heavy atom. The molecule has 0 radical (unpaired) electrons. The van der Waals surface area contributed by atoms with Gasteiger partial charge in [-0.25, -0.2) is 4.39 Å². The predicted octanol–water partition coefficient (Wildman–Crippen LogP) is 2.69. The van der Waals surface area contributed by atoms with Gasteiger partial charge >= 0.3 is 0 Å². The van der Waals surface area contributed by atoms with Crippen molar-refractivity contribution in [3.63, 3.8) is 0 Å². The number of hydrogen-bond donors (Lipinski definition) is 0. The number of likely N-dealkylation sites (tertiary alicyclic amines) is 1. The molecule has 1 amide bonds. The summed E-state index contributed by atoms with van der Waals surface area (Å²) < 4.78 is 42.9. The molecule has 1 aromatic carbocycles. The number of carbonyl (C=O) groups excluding carboxylic acids is 1. The SMILES string of the molecule is CN(C1CCCCC1)S(=O)(=O)N1CCN(C(=O)C2CCCN(Cc3cccc(F)c3)C2)CC1. The summed E-state index contributed by atoms with van der Waals surface area (Å²) in [7, 11) is -1.79. The highest BCUT2D eigenvalue weighted by molar-refractivity contribution is 7.86. The van der Waals surface area contributed by atoms with E-state index in [1.807, 2.05) is 11.0 Å². The minimum atomic E-state index is -3.49. The maximum absolute atomic E-state index is 13.5. The molecule has 2 heterocycles. The number of rotatable bonds is 6. The van der Waals surface area contributed by atoms with E-state index in [9.17, 15) is 17.6 Å². The summed E-state index contributed by atoms with van der Waals surface area (Å²) in [4.78, 5) is 17.3. The van der Waals surface area contributed by atoms with Crippen LogP contribution in [-0.2, 0) is 21.5 Å². The van der Waals surface area contributed by atoms with E-state index in [1.165, 1.54) is 12.5 Å². The van der Waals surface area contributed by atoms with Crippen molar-refractivity contribution in [2.75, 3.05) is 46.3 Å². The Labute approximate surface area is 197 Å². The molecule has 1 aromatic rings. The zero-order chi connectivity index (χ0) is 23.4. The van der Waals surface area contributed by atoms with Crippen LogP contribution < -0.4 is 0 Å². The van der Waals surface area contributed by atoms with Gasteiger partial charge in [0.05, 0.1) is 5.92 Å². The van der Waals surface area contributed by atoms with Gasteiger partial charge in [0.1, 0.15) is 5.82 Å². The van der Waals surface area contributed by atoms with Gasteiger partial charge in [-0.05, 0) is 49.9 Å². The highest BCUT2D eigenvalue weighted by atomic mass is 32.2. The van der Waals surface area contributed by atoms with Gasteiger partial charge in [0, 0.05) is 52.4 Å². The summed E-state index contributed by atoms with van der Waals surface area (Å²) in [5, 5.41) is 0. The van der Waals surface area contributed by atoms with E-state index in [1.54, 1.807) is 27.8 Å². The number of piperazine rings is 1. The third-order valence-electron chi connectivity index (χ3n) is 7.48. The van der Waals surface area contributed by atoms with Gasteiger partial charge in [-0.2, -0.15) is 17.0 Å². The van der Waals surface area contributed by atoms with E-state index in [-0.39, 0.29) is 23.7 Å². The second-order valence-corrected chi connectivity index (χ2v) is 11.7. The maximum atomic E-state index is 13.5. The van der Waals surface area contributed by atoms with E-state index in [4.69, 9.17) is 0 Å². The number of piperidine rings is 1. The van der Waals surface area contributed by atoms with E-state index in [2.05, 4.69) is 4.90 Å². The molecule has 0 N–H and O–H groups in total. The minimum absolute atomic E-state index is 0.0830. The van der Waals surface area contributed by atoms with Crippen molar-refractivity contribution in [2.45, 2.75) is 57.5 Å². The third-order valence-corrected chi connectivity index (χ3v) is 9.52. The highest BCUT2D eigenvalue weighted by Gasteiger charge is 2.37. The summed E-state index contributed by atoms with van der Waals surface area (Å²) >= 11 is 0. The zero-order valence-electron chi connectivity index (χ0n) is 19.7. The van der Waals surface area contributed by atoms with Crippen molar-refractivity contribution >= 4 is 16.1 Å². The van der Waals surface area contributed by atoms with Crippen LogP contribution in [0.25, 0.3) is 0 Å². The molecule has 1 aliphatic carbocycles. The topological polar surface area (TPSA) is 64.2 Å². The molecule has 1 saturated carbocycles. The van der Waals surface area contributed by atoms with Crippen molar-refractivity contribution in [3.05, 3.63) is 35.6 Å². The summed E-state index contributed by atoms with van der Waals surface area (Å²) in [6.45, 7) is 3.79. The van der Waals surface area contributed by atoms with E-state index in [0.717, 1.165) is 50.6 Å². The second-order valence-electron chi connectivity index (χ2n) is 9.74. The van der Waals surface area contributed by atoms with Gasteiger partial charge in [-0.1, -0.05) is 31.4 Å². The van der Waals surface area contributed by atoms with Gasteiger partial charge in [0.15, 0.2) is 0 Å². The standard InChI is InChI=1S/C24H37FN4O3S/c1-26(23-10-3-2-4-11-23)33(31,32)29-15-13-28(14-16-29)24(30)21-8-6-12-27(19-21)18-20-7-5-9-22(25)17-20/h5,7,9,17,21,23H,2-4,6,8,10-16,18-19H2,1H3. The van der Waals surface area contributed by atoms with Gasteiger partial charge in [-0.3, -0.25) is 9.69 Å². The van der Waals surface area contributed by atoms with Crippen molar-refractivity contribution in [2.24, 2.45) is 5.92 Å². The van der Waals surface area contributed by atoms with Crippen LogP contribution in [0, 0.1) is 11.7 Å². The average Bonchev–Trinajstić information content (AvgIpc) is 2.84. The third kappa shape index (κ3) is 5.93. The molecule has 184 valence electrons. The number of nitrogens with zero attached hydrogens (tertiary/aromatic N) is 4.